The van der Waals surface area contributed by atoms with Crippen LogP contribution in [0.4, 0.5) is 0 Å². The second kappa shape index (κ2) is 3.76. The van der Waals surface area contributed by atoms with Crippen molar-refractivity contribution in [3.05, 3.63) is 17.0 Å². The van der Waals surface area contributed by atoms with Crippen LogP contribution >= 0.6 is 0 Å². The van der Waals surface area contributed by atoms with Crippen LogP contribution in [0.25, 0.3) is 0 Å². The molecule has 0 aliphatic heterocycles. The molecule has 0 bridgehead atoms. The Labute approximate surface area is 87.5 Å². The first-order valence-electron chi connectivity index (χ1n) is 5.45. The fraction of sp³-hybridized carbons (Fsp3) is 0.750. The third kappa shape index (κ3) is 1.58. The maximum atomic E-state index is 2.37. The van der Waals surface area contributed by atoms with Crippen LogP contribution in [0, 0.1) is 13.8 Å². The van der Waals surface area contributed by atoms with Gasteiger partial charge in [0.15, 0.2) is 7.05 Å². The summed E-state index contributed by atoms with van der Waals surface area (Å²) in [5.74, 6) is 0.612. The highest BCUT2D eigenvalue weighted by Gasteiger charge is 2.24. The van der Waals surface area contributed by atoms with Crippen LogP contribution in [0.15, 0.2) is 0 Å². The Balaban J connectivity index is 3.41. The Kier molecular flexibility index (Phi) is 3.03. The van der Waals surface area contributed by atoms with Gasteiger partial charge in [-0.05, 0) is 26.7 Å². The number of aromatic nitrogens is 2. The smallest absolute Gasteiger partial charge is 0.155 e. The Morgan fingerprint density at radius 2 is 1.57 bits per heavy atom. The molecule has 1 aromatic heterocycles. The number of hydrogen-bond donors (Lipinski definition) is 0. The maximum Gasteiger partial charge on any atom is 0.208 e. The summed E-state index contributed by atoms with van der Waals surface area (Å²) in [4.78, 5) is 0. The zero-order valence-corrected chi connectivity index (χ0v) is 10.5. The van der Waals surface area contributed by atoms with Gasteiger partial charge in [0.25, 0.3) is 0 Å². The zero-order chi connectivity index (χ0) is 11.0. The van der Waals surface area contributed by atoms with Crippen molar-refractivity contribution in [1.82, 2.24) is 4.68 Å². The fourth-order valence-corrected chi connectivity index (χ4v) is 2.52. The molecule has 0 aliphatic rings. The highest BCUT2D eigenvalue weighted by molar-refractivity contribution is 5.24. The summed E-state index contributed by atoms with van der Waals surface area (Å²) in [5.41, 5.74) is 4.31. The second-order valence-corrected chi connectivity index (χ2v) is 4.70. The summed E-state index contributed by atoms with van der Waals surface area (Å²) in [6.07, 6.45) is 0. The summed E-state index contributed by atoms with van der Waals surface area (Å²) in [7, 11) is 2.15. The molecule has 14 heavy (non-hydrogen) atoms. The zero-order valence-electron chi connectivity index (χ0n) is 10.5. The van der Waals surface area contributed by atoms with E-state index in [1.807, 2.05) is 0 Å². The van der Waals surface area contributed by atoms with Crippen LogP contribution < -0.4 is 4.68 Å². The lowest BCUT2D eigenvalue weighted by Gasteiger charge is -2.07. The lowest BCUT2D eigenvalue weighted by Crippen LogP contribution is -2.42. The van der Waals surface area contributed by atoms with E-state index in [0.717, 1.165) is 0 Å². The molecular weight excluding hydrogens is 172 g/mol. The van der Waals surface area contributed by atoms with Crippen molar-refractivity contribution >= 4 is 0 Å². The number of nitrogens with zero attached hydrogens (tertiary/aromatic N) is 2. The van der Waals surface area contributed by atoms with Crippen molar-refractivity contribution in [2.75, 3.05) is 0 Å². The third-order valence-electron chi connectivity index (χ3n) is 3.00. The van der Waals surface area contributed by atoms with Gasteiger partial charge in [0.05, 0.1) is 11.7 Å². The summed E-state index contributed by atoms with van der Waals surface area (Å²) in [6, 6.07) is 0.534. The van der Waals surface area contributed by atoms with E-state index in [0.29, 0.717) is 12.0 Å². The molecule has 2 heteroatoms. The van der Waals surface area contributed by atoms with Crippen molar-refractivity contribution in [3.8, 4) is 0 Å². The largest absolute Gasteiger partial charge is 0.208 e. The normalized spacial score (nSPS) is 11.8. The Morgan fingerprint density at radius 3 is 1.79 bits per heavy atom. The van der Waals surface area contributed by atoms with Gasteiger partial charge in [-0.25, -0.2) is 0 Å². The van der Waals surface area contributed by atoms with Gasteiger partial charge in [0.1, 0.15) is 0 Å². The Hall–Kier alpha value is -0.790. The molecule has 0 N–H and O–H groups in total. The summed E-state index contributed by atoms with van der Waals surface area (Å²) in [6.45, 7) is 13.4. The molecule has 1 heterocycles. The van der Waals surface area contributed by atoms with Crippen molar-refractivity contribution in [2.24, 2.45) is 7.05 Å². The van der Waals surface area contributed by atoms with Gasteiger partial charge in [0, 0.05) is 12.5 Å². The van der Waals surface area contributed by atoms with E-state index in [1.54, 1.807) is 0 Å². The summed E-state index contributed by atoms with van der Waals surface area (Å²) < 4.78 is 4.64. The summed E-state index contributed by atoms with van der Waals surface area (Å²) in [5, 5.41) is 0. The lowest BCUT2D eigenvalue weighted by atomic mass is 10.0. The lowest BCUT2D eigenvalue weighted by molar-refractivity contribution is -0.761. The molecule has 0 saturated heterocycles. The highest BCUT2D eigenvalue weighted by atomic mass is 15.4. The van der Waals surface area contributed by atoms with Crippen molar-refractivity contribution in [2.45, 2.75) is 53.5 Å². The van der Waals surface area contributed by atoms with E-state index >= 15 is 0 Å². The quantitative estimate of drug-likeness (QED) is 0.641. The molecule has 0 radical (unpaired) electrons. The predicted octanol–water partition coefficient (Wildman–Crippen LogP) is 2.63. The molecule has 0 fully saturated rings. The van der Waals surface area contributed by atoms with Crippen molar-refractivity contribution in [1.29, 1.82) is 0 Å². The van der Waals surface area contributed by atoms with E-state index in [2.05, 4.69) is 58.0 Å². The molecule has 0 amide bonds. The van der Waals surface area contributed by atoms with Crippen molar-refractivity contribution < 1.29 is 4.68 Å². The van der Waals surface area contributed by atoms with Gasteiger partial charge in [-0.2, -0.15) is 4.68 Å². The molecule has 2 nitrogen and oxygen atoms in total. The fourth-order valence-electron chi connectivity index (χ4n) is 2.52. The predicted molar refractivity (Wildman–Crippen MR) is 59.6 cm³/mol. The Bertz CT molecular complexity index is 301. The van der Waals surface area contributed by atoms with E-state index in [1.165, 1.54) is 17.0 Å². The van der Waals surface area contributed by atoms with Crippen LogP contribution in [0.3, 0.4) is 0 Å². The van der Waals surface area contributed by atoms with Gasteiger partial charge in [0.2, 0.25) is 5.69 Å². The van der Waals surface area contributed by atoms with Crippen LogP contribution in [0.2, 0.25) is 0 Å². The van der Waals surface area contributed by atoms with Gasteiger partial charge < -0.3 is 0 Å². The average molecular weight is 195 g/mol. The molecule has 0 saturated carbocycles. The van der Waals surface area contributed by atoms with Gasteiger partial charge >= 0.3 is 0 Å². The molecular formula is C12H23N2+. The summed E-state index contributed by atoms with van der Waals surface area (Å²) >= 11 is 0. The topological polar surface area (TPSA) is 8.81 Å². The van der Waals surface area contributed by atoms with Crippen LogP contribution in [0.5, 0.6) is 0 Å². The average Bonchev–Trinajstić information content (AvgIpc) is 2.23. The first-order chi connectivity index (χ1) is 6.37. The molecule has 0 aromatic carbocycles. The van der Waals surface area contributed by atoms with E-state index in [4.69, 9.17) is 0 Å². The van der Waals surface area contributed by atoms with E-state index < -0.39 is 0 Å². The molecule has 0 spiro atoms. The van der Waals surface area contributed by atoms with Crippen molar-refractivity contribution in [3.63, 3.8) is 0 Å². The van der Waals surface area contributed by atoms with Gasteiger partial charge in [-0.1, -0.05) is 13.8 Å². The first-order valence-corrected chi connectivity index (χ1v) is 5.45. The minimum absolute atomic E-state index is 0.534. The second-order valence-electron chi connectivity index (χ2n) is 4.70. The molecule has 1 rings (SSSR count). The molecule has 0 atom stereocenters. The minimum atomic E-state index is 0.534. The number of rotatable bonds is 2. The highest BCUT2D eigenvalue weighted by Crippen LogP contribution is 2.23. The first kappa shape index (κ1) is 11.3. The monoisotopic (exact) mass is 195 g/mol. The number of hydrogen-bond acceptors (Lipinski definition) is 0. The van der Waals surface area contributed by atoms with E-state index in [9.17, 15) is 0 Å². The Morgan fingerprint density at radius 1 is 1.07 bits per heavy atom. The van der Waals surface area contributed by atoms with Gasteiger partial charge in [-0.15, -0.1) is 4.68 Å². The molecule has 1 aromatic rings. The molecule has 0 aliphatic carbocycles. The maximum absolute atomic E-state index is 2.37. The van der Waals surface area contributed by atoms with Gasteiger partial charge in [-0.3, -0.25) is 0 Å². The van der Waals surface area contributed by atoms with Crippen LogP contribution in [0.1, 0.15) is 56.6 Å². The molecule has 0 unspecified atom stereocenters. The van der Waals surface area contributed by atoms with Crippen LogP contribution in [-0.2, 0) is 7.05 Å². The minimum Gasteiger partial charge on any atom is -0.155 e. The standard InChI is InChI=1S/C12H23N2/c1-8(2)12-10(5)13(7)14(9(3)4)11(12)6/h8-9H,1-7H3/q+1. The SMILES string of the molecule is Cc1c(C(C)C)c(C)[n+](C)n1C(C)C. The van der Waals surface area contributed by atoms with Crippen LogP contribution in [-0.4, -0.2) is 4.68 Å². The third-order valence-corrected chi connectivity index (χ3v) is 3.00. The molecule has 80 valence electrons. The van der Waals surface area contributed by atoms with E-state index in [-0.39, 0.29) is 0 Å².